The van der Waals surface area contributed by atoms with Gasteiger partial charge in [-0.2, -0.15) is 0 Å². The van der Waals surface area contributed by atoms with Crippen molar-refractivity contribution in [3.05, 3.63) is 142 Å². The summed E-state index contributed by atoms with van der Waals surface area (Å²) in [5.41, 5.74) is 7.52. The van der Waals surface area contributed by atoms with Gasteiger partial charge < -0.3 is 49.3 Å². The molecule has 2 aliphatic rings. The molecule has 0 amide bonds. The van der Waals surface area contributed by atoms with E-state index < -0.39 is 23.9 Å². The largest absolute Gasteiger partial charge is 0.493 e. The summed E-state index contributed by atoms with van der Waals surface area (Å²) < 4.78 is 26.2. The van der Waals surface area contributed by atoms with Gasteiger partial charge in [-0.25, -0.2) is 29.1 Å². The molecule has 3 aromatic heterocycles. The molecule has 0 saturated carbocycles. The lowest BCUT2D eigenvalue weighted by molar-refractivity contribution is 0.0685. The van der Waals surface area contributed by atoms with Crippen molar-refractivity contribution < 1.29 is 58.6 Å². The average Bonchev–Trinajstić information content (AvgIpc) is 1.59. The molecule has 5 heterocycles. The van der Waals surface area contributed by atoms with Crippen LogP contribution in [0.3, 0.4) is 0 Å². The normalized spacial score (nSPS) is 13.1. The fraction of sp³-hybridized carbons (Fsp3) is 0.400. The molecule has 0 saturated heterocycles. The Morgan fingerprint density at radius 2 is 0.562 bits per heavy atom. The molecule has 0 radical (unpaired) electrons. The molecule has 0 spiro atoms. The smallest absolute Gasteiger partial charge is 0.335 e. The van der Waals surface area contributed by atoms with Crippen LogP contribution in [0, 0.1) is 23.7 Å². The van der Waals surface area contributed by atoms with E-state index >= 15 is 0 Å². The third-order valence-electron chi connectivity index (χ3n) is 18.6. The zero-order valence-electron chi connectivity index (χ0n) is 56.9. The minimum absolute atomic E-state index is 0.0120. The molecule has 2 aliphatic heterocycles. The number of fused-ring (bicyclic) bond motifs is 8. The Morgan fingerprint density at radius 3 is 0.750 bits per heavy atom. The predicted octanol–water partition coefficient (Wildman–Crippen LogP) is 20.5. The van der Waals surface area contributed by atoms with E-state index in [1.807, 2.05) is 72.8 Å². The number of H-pyrrole nitrogens is 2. The summed E-state index contributed by atoms with van der Waals surface area (Å²) in [6, 6.07) is 27.3. The van der Waals surface area contributed by atoms with Crippen molar-refractivity contribution >= 4 is 70.2 Å². The lowest BCUT2D eigenvalue weighted by atomic mass is 9.99. The number of ether oxygens (including phenoxy) is 4. The number of unbranched alkanes of at least 4 members (excludes halogenated alkanes) is 4. The highest BCUT2D eigenvalue weighted by molar-refractivity contribution is 6.03. The van der Waals surface area contributed by atoms with Crippen molar-refractivity contribution in [3.8, 4) is 67.5 Å². The van der Waals surface area contributed by atoms with Gasteiger partial charge in [0.2, 0.25) is 0 Å². The molecule has 506 valence electrons. The zero-order valence-corrected chi connectivity index (χ0v) is 56.9. The number of benzene rings is 4. The minimum atomic E-state index is -1.16. The Bertz CT molecular complexity index is 3640. The summed E-state index contributed by atoms with van der Waals surface area (Å²) in [5, 5.41) is 43.3. The minimum Gasteiger partial charge on any atom is -0.493 e. The van der Waals surface area contributed by atoms with Gasteiger partial charge in [0, 0.05) is 44.3 Å². The first-order valence-electron chi connectivity index (χ1n) is 34.7. The van der Waals surface area contributed by atoms with E-state index in [9.17, 15) is 39.6 Å². The summed E-state index contributed by atoms with van der Waals surface area (Å²) in [6.07, 6.45) is 22.9. The fourth-order valence-corrected chi connectivity index (χ4v) is 12.7. The monoisotopic (exact) mass is 1300 g/mol. The van der Waals surface area contributed by atoms with Crippen molar-refractivity contribution in [2.24, 2.45) is 23.7 Å². The number of hydrogen-bond donors (Lipinski definition) is 6. The molecule has 9 rings (SSSR count). The first-order valence-corrected chi connectivity index (χ1v) is 34.7. The first kappa shape index (κ1) is 70.9. The van der Waals surface area contributed by atoms with Gasteiger partial charge in [0.25, 0.3) is 0 Å². The number of hydrogen-bond acceptors (Lipinski definition) is 10. The molecule has 4 atom stereocenters. The molecular formula is C80H94N4O12. The number of rotatable bonds is 36. The van der Waals surface area contributed by atoms with E-state index in [0.717, 1.165) is 103 Å². The first-order chi connectivity index (χ1) is 46.5. The zero-order chi connectivity index (χ0) is 68.4. The topological polar surface area (TPSA) is 243 Å². The summed E-state index contributed by atoms with van der Waals surface area (Å²) >= 11 is 0. The molecule has 7 aromatic rings. The molecule has 6 N–H and O–H groups in total. The van der Waals surface area contributed by atoms with Crippen LogP contribution in [0.4, 0.5) is 0 Å². The van der Waals surface area contributed by atoms with Gasteiger partial charge in [-0.3, -0.25) is 0 Å². The maximum absolute atomic E-state index is 13.3. The van der Waals surface area contributed by atoms with Crippen LogP contribution in [0.15, 0.2) is 97.1 Å². The summed E-state index contributed by atoms with van der Waals surface area (Å²) in [4.78, 5) is 71.4. The number of carbonyl (C=O) groups is 4. The molecule has 8 bridgehead atoms. The van der Waals surface area contributed by atoms with Gasteiger partial charge in [0.1, 0.15) is 23.0 Å². The Kier molecular flexibility index (Phi) is 24.9. The van der Waals surface area contributed by atoms with Crippen LogP contribution in [0.1, 0.15) is 222 Å². The standard InChI is InChI=1S/C80H94N4O12/c1-9-17-21-49(13-5)45-93-61-37-53(33-57(41-61)77(85)86)73-65-25-27-67(81-65)74(54-34-58(78(87)88)42-62(38-54)94-46-50(14-6)22-18-10-2)69-29-31-71(83-69)76(56-36-60(80(91)92)44-64(40-56)96-48-52(16-8)24-20-12-4)72-32-30-70(84-72)75(68-28-26-66(73)82-68)55-35-59(79(89)90)43-63(39-55)95-47-51(15-7)23-19-11-3/h25-44,49-52,81,84H,9-24,45-48H2,1-8H3,(H,85,86)(H,87,88)(H,89,90)(H,91,92). The third kappa shape index (κ3) is 17.7. The Hall–Kier alpha value is -9.44. The van der Waals surface area contributed by atoms with E-state index in [1.54, 1.807) is 24.3 Å². The molecule has 4 unspecified atom stereocenters. The molecule has 4 aromatic carbocycles. The molecule has 0 aliphatic carbocycles. The van der Waals surface area contributed by atoms with Gasteiger partial charge in [-0.15, -0.1) is 0 Å². The Labute approximate surface area is 563 Å². The number of nitrogens with zero attached hydrogens (tertiary/aromatic N) is 2. The SMILES string of the molecule is CCCCC(CC)COc1cc(C(=O)O)cc(-c2c3nc(c(-c4cc(OCC(CC)CCCC)cc(C(=O)O)c4)c4ccc([nH]4)c(-c4cc(OCC(CC)CCCC)cc(C(=O)O)c4)c4nc(c(-c5cc(OCC(CC)CCCC)cc(C(=O)O)c5)c5ccc2[nH]5)C=C4)C=C3)c1. The van der Waals surface area contributed by atoms with Gasteiger partial charge in [-0.05, 0) is 193 Å². The highest BCUT2D eigenvalue weighted by atomic mass is 16.5. The van der Waals surface area contributed by atoms with Crippen LogP contribution >= 0.6 is 0 Å². The van der Waals surface area contributed by atoms with Crippen molar-refractivity contribution in [2.45, 2.75) is 158 Å². The maximum atomic E-state index is 13.3. The quantitative estimate of drug-likeness (QED) is 0.0214. The fourth-order valence-electron chi connectivity index (χ4n) is 12.7. The highest BCUT2D eigenvalue weighted by Crippen LogP contribution is 2.42. The third-order valence-corrected chi connectivity index (χ3v) is 18.6. The number of aromatic amines is 2. The number of aromatic nitrogens is 4. The van der Waals surface area contributed by atoms with Crippen molar-refractivity contribution in [3.63, 3.8) is 0 Å². The second-order valence-electron chi connectivity index (χ2n) is 25.6. The van der Waals surface area contributed by atoms with Crippen LogP contribution < -0.4 is 18.9 Å². The van der Waals surface area contributed by atoms with Crippen LogP contribution in [-0.2, 0) is 0 Å². The maximum Gasteiger partial charge on any atom is 0.335 e. The van der Waals surface area contributed by atoms with Crippen molar-refractivity contribution in [1.29, 1.82) is 0 Å². The van der Waals surface area contributed by atoms with Crippen molar-refractivity contribution in [2.75, 3.05) is 26.4 Å². The van der Waals surface area contributed by atoms with E-state index in [-0.39, 0.29) is 45.9 Å². The molecule has 96 heavy (non-hydrogen) atoms. The molecule has 16 nitrogen and oxygen atoms in total. The lowest BCUT2D eigenvalue weighted by Gasteiger charge is -2.17. The van der Waals surface area contributed by atoms with Crippen molar-refractivity contribution in [1.82, 2.24) is 19.9 Å². The van der Waals surface area contributed by atoms with Crippen LogP contribution in [0.2, 0.25) is 0 Å². The lowest BCUT2D eigenvalue weighted by Crippen LogP contribution is -2.12. The van der Waals surface area contributed by atoms with Crippen LogP contribution in [0.5, 0.6) is 23.0 Å². The van der Waals surface area contributed by atoms with Gasteiger partial charge in [0.15, 0.2) is 0 Å². The Morgan fingerprint density at radius 1 is 0.344 bits per heavy atom. The molecule has 0 fully saturated rings. The predicted molar refractivity (Wildman–Crippen MR) is 384 cm³/mol. The summed E-state index contributed by atoms with van der Waals surface area (Å²) in [7, 11) is 0. The number of aromatic carboxylic acids is 4. The second-order valence-corrected chi connectivity index (χ2v) is 25.6. The molecular weight excluding hydrogens is 1210 g/mol. The summed E-state index contributed by atoms with van der Waals surface area (Å²) in [6.45, 7) is 18.6. The van der Waals surface area contributed by atoms with Crippen LogP contribution in [-0.4, -0.2) is 90.7 Å². The van der Waals surface area contributed by atoms with Gasteiger partial charge in [0.05, 0.1) is 71.5 Å². The number of carboxylic acid groups (broad SMARTS) is 4. The summed E-state index contributed by atoms with van der Waals surface area (Å²) in [5.74, 6) is -2.28. The average molecular weight is 1300 g/mol. The van der Waals surface area contributed by atoms with Gasteiger partial charge >= 0.3 is 23.9 Å². The number of carboxylic acids is 4. The highest BCUT2D eigenvalue weighted by Gasteiger charge is 2.25. The van der Waals surface area contributed by atoms with E-state index in [2.05, 4.69) is 65.4 Å². The van der Waals surface area contributed by atoms with Gasteiger partial charge in [-0.1, -0.05) is 132 Å². The van der Waals surface area contributed by atoms with Crippen LogP contribution in [0.25, 0.3) is 90.9 Å². The van der Waals surface area contributed by atoms with E-state index in [4.69, 9.17) is 28.9 Å². The Balaban J connectivity index is 1.42. The van der Waals surface area contributed by atoms with E-state index in [0.29, 0.717) is 139 Å². The number of nitrogens with one attached hydrogen (secondary N) is 2. The van der Waals surface area contributed by atoms with E-state index in [1.165, 1.54) is 24.3 Å². The second kappa shape index (κ2) is 33.8. The molecule has 16 heteroatoms.